The van der Waals surface area contributed by atoms with Gasteiger partial charge in [0.1, 0.15) is 0 Å². The molecule has 1 atom stereocenters. The molecule has 6 rings (SSSR count). The molecule has 0 aromatic heterocycles. The predicted octanol–water partition coefficient (Wildman–Crippen LogP) is 9.50. The van der Waals surface area contributed by atoms with Gasteiger partial charge < -0.3 is 4.84 Å². The maximum atomic E-state index is 16.1. The van der Waals surface area contributed by atoms with Crippen LogP contribution in [-0.2, 0) is 16.1 Å². The number of likely N-dealkylation sites (tertiary alicyclic amines) is 1. The van der Waals surface area contributed by atoms with Crippen molar-refractivity contribution in [3.8, 4) is 0 Å². The molecule has 4 aromatic rings. The van der Waals surface area contributed by atoms with Crippen molar-refractivity contribution in [2.45, 2.75) is 29.9 Å². The van der Waals surface area contributed by atoms with Crippen LogP contribution in [0.3, 0.4) is 0 Å². The first kappa shape index (κ1) is 29.0. The molecule has 2 aliphatic rings. The quantitative estimate of drug-likeness (QED) is 0.156. The molecule has 0 bridgehead atoms. The first-order valence-corrected chi connectivity index (χ1v) is 14.2. The summed E-state index contributed by atoms with van der Waals surface area (Å²) < 4.78 is 59.3. The van der Waals surface area contributed by atoms with E-state index in [1.165, 1.54) is 0 Å². The molecule has 4 aromatic carbocycles. The van der Waals surface area contributed by atoms with E-state index in [0.717, 1.165) is 23.3 Å². The van der Waals surface area contributed by atoms with Crippen LogP contribution in [0, 0.1) is 0 Å². The Hall–Kier alpha value is -3.10. The molecule has 0 spiro atoms. The summed E-state index contributed by atoms with van der Waals surface area (Å²) in [7, 11) is 0. The summed E-state index contributed by atoms with van der Waals surface area (Å²) in [5.74, 6) is 0. The summed E-state index contributed by atoms with van der Waals surface area (Å²) in [6.07, 6.45) is -5.46. The van der Waals surface area contributed by atoms with Crippen LogP contribution < -0.4 is 0 Å². The van der Waals surface area contributed by atoms with Crippen molar-refractivity contribution in [2.24, 2.45) is 5.16 Å². The highest BCUT2D eigenvalue weighted by atomic mass is 35.5. The topological polar surface area (TPSA) is 24.8 Å². The summed E-state index contributed by atoms with van der Waals surface area (Å²) >= 11 is 18.0. The lowest BCUT2D eigenvalue weighted by Gasteiger charge is -2.49. The Morgan fingerprint density at radius 3 is 1.79 bits per heavy atom. The lowest BCUT2D eigenvalue weighted by molar-refractivity contribution is -0.275. The molecular formula is C32H23Cl3F4N2O. The standard InChI is InChI=1S/C32H23Cl3F4N2O/c33-25-15-24(16-26(34)28(25)35)31(32(37,38)39)17-27(40-42-31)20-11-13-23(14-12-20)30(36)18-41(19-30)29(21-7-3-1-4-8-21)22-9-5-2-6-10-22/h1-16,29H,17-19H2. The van der Waals surface area contributed by atoms with Crippen LogP contribution in [0.4, 0.5) is 17.6 Å². The van der Waals surface area contributed by atoms with Gasteiger partial charge in [0, 0.05) is 25.1 Å². The molecule has 216 valence electrons. The second kappa shape index (κ2) is 10.9. The van der Waals surface area contributed by atoms with Gasteiger partial charge in [-0.15, -0.1) is 0 Å². The molecule has 0 aliphatic carbocycles. The van der Waals surface area contributed by atoms with Crippen molar-refractivity contribution in [3.63, 3.8) is 0 Å². The summed E-state index contributed by atoms with van der Waals surface area (Å²) in [6.45, 7) is 0.334. The van der Waals surface area contributed by atoms with E-state index >= 15 is 4.39 Å². The maximum Gasteiger partial charge on any atom is 0.435 e. The molecule has 2 aliphatic heterocycles. The lowest BCUT2D eigenvalue weighted by atomic mass is 9.83. The monoisotopic (exact) mass is 632 g/mol. The highest BCUT2D eigenvalue weighted by Gasteiger charge is 2.62. The number of hydrogen-bond acceptors (Lipinski definition) is 3. The molecule has 1 saturated heterocycles. The van der Waals surface area contributed by atoms with Crippen LogP contribution >= 0.6 is 34.8 Å². The van der Waals surface area contributed by atoms with E-state index in [9.17, 15) is 13.2 Å². The number of benzene rings is 4. The van der Waals surface area contributed by atoms with Crippen molar-refractivity contribution >= 4 is 40.5 Å². The minimum absolute atomic E-state index is 0.0531. The van der Waals surface area contributed by atoms with Gasteiger partial charge in [-0.2, -0.15) is 13.2 Å². The van der Waals surface area contributed by atoms with Crippen LogP contribution in [0.2, 0.25) is 15.1 Å². The van der Waals surface area contributed by atoms with Gasteiger partial charge in [-0.3, -0.25) is 4.90 Å². The molecule has 1 fully saturated rings. The molecule has 1 unspecified atom stereocenters. The van der Waals surface area contributed by atoms with Crippen LogP contribution in [0.25, 0.3) is 0 Å². The highest BCUT2D eigenvalue weighted by molar-refractivity contribution is 6.48. The average molecular weight is 634 g/mol. The Morgan fingerprint density at radius 2 is 1.29 bits per heavy atom. The minimum atomic E-state index is -4.84. The second-order valence-corrected chi connectivity index (χ2v) is 11.7. The van der Waals surface area contributed by atoms with E-state index in [4.69, 9.17) is 39.6 Å². The van der Waals surface area contributed by atoms with Crippen molar-refractivity contribution in [1.82, 2.24) is 4.90 Å². The van der Waals surface area contributed by atoms with Gasteiger partial charge in [0.25, 0.3) is 5.60 Å². The van der Waals surface area contributed by atoms with E-state index in [1.807, 2.05) is 60.7 Å². The first-order chi connectivity index (χ1) is 20.0. The molecule has 0 radical (unpaired) electrons. The summed E-state index contributed by atoms with van der Waals surface area (Å²) in [4.78, 5) is 7.16. The summed E-state index contributed by atoms with van der Waals surface area (Å²) in [6, 6.07) is 28.3. The molecular weight excluding hydrogens is 611 g/mol. The fourth-order valence-electron chi connectivity index (χ4n) is 5.66. The number of rotatable bonds is 6. The average Bonchev–Trinajstić information content (AvgIpc) is 3.43. The molecule has 42 heavy (non-hydrogen) atoms. The van der Waals surface area contributed by atoms with E-state index in [1.54, 1.807) is 24.3 Å². The molecule has 0 saturated carbocycles. The van der Waals surface area contributed by atoms with E-state index in [-0.39, 0.29) is 45.5 Å². The molecule has 0 amide bonds. The Morgan fingerprint density at radius 1 is 0.762 bits per heavy atom. The zero-order chi connectivity index (χ0) is 29.7. The van der Waals surface area contributed by atoms with Crippen LogP contribution in [-0.4, -0.2) is 29.9 Å². The van der Waals surface area contributed by atoms with Crippen LogP contribution in [0.1, 0.15) is 40.3 Å². The Kier molecular flexibility index (Phi) is 7.50. The number of halogens is 7. The third kappa shape index (κ3) is 5.06. The first-order valence-electron chi connectivity index (χ1n) is 13.1. The van der Waals surface area contributed by atoms with Gasteiger partial charge >= 0.3 is 6.18 Å². The van der Waals surface area contributed by atoms with Gasteiger partial charge in [-0.05, 0) is 34.4 Å². The van der Waals surface area contributed by atoms with E-state index in [2.05, 4.69) is 10.1 Å². The molecule has 10 heteroatoms. The predicted molar refractivity (Wildman–Crippen MR) is 157 cm³/mol. The van der Waals surface area contributed by atoms with Crippen molar-refractivity contribution in [1.29, 1.82) is 0 Å². The number of hydrogen-bond donors (Lipinski definition) is 0. The zero-order valence-corrected chi connectivity index (χ0v) is 24.2. The Bertz CT molecular complexity index is 1560. The van der Waals surface area contributed by atoms with Crippen molar-refractivity contribution in [2.75, 3.05) is 13.1 Å². The SMILES string of the molecule is FC1(c2ccc(C3=NOC(c4cc(Cl)c(Cl)c(Cl)c4)(C(F)(F)F)C3)cc2)CN(C(c2ccccc2)c2ccccc2)C1. The smallest absolute Gasteiger partial charge is 0.374 e. The second-order valence-electron chi connectivity index (χ2n) is 10.6. The zero-order valence-electron chi connectivity index (χ0n) is 21.9. The summed E-state index contributed by atoms with van der Waals surface area (Å²) in [5.41, 5.74) is -1.68. The Balaban J connectivity index is 1.21. The van der Waals surface area contributed by atoms with Gasteiger partial charge in [0.15, 0.2) is 5.67 Å². The van der Waals surface area contributed by atoms with Crippen LogP contribution in [0.15, 0.2) is 102 Å². The van der Waals surface area contributed by atoms with Gasteiger partial charge in [0.05, 0.1) is 26.8 Å². The number of alkyl halides is 4. The summed E-state index contributed by atoms with van der Waals surface area (Å²) in [5, 5.41) is 3.47. The van der Waals surface area contributed by atoms with Crippen molar-refractivity contribution < 1.29 is 22.4 Å². The fraction of sp³-hybridized carbons (Fsp3) is 0.219. The largest absolute Gasteiger partial charge is 0.435 e. The Labute approximate surface area is 255 Å². The van der Waals surface area contributed by atoms with Gasteiger partial charge in [-0.25, -0.2) is 4.39 Å². The number of oxime groups is 1. The third-order valence-electron chi connectivity index (χ3n) is 7.87. The minimum Gasteiger partial charge on any atom is -0.374 e. The normalized spacial score (nSPS) is 20.2. The molecule has 3 nitrogen and oxygen atoms in total. The fourth-order valence-corrected chi connectivity index (χ4v) is 6.25. The van der Waals surface area contributed by atoms with Crippen molar-refractivity contribution in [3.05, 3.63) is 140 Å². The van der Waals surface area contributed by atoms with Crippen LogP contribution in [0.5, 0.6) is 0 Å². The third-order valence-corrected chi connectivity index (χ3v) is 9.07. The number of nitrogens with zero attached hydrogens (tertiary/aromatic N) is 2. The van der Waals surface area contributed by atoms with E-state index in [0.29, 0.717) is 11.1 Å². The van der Waals surface area contributed by atoms with Gasteiger partial charge in [0.2, 0.25) is 0 Å². The maximum absolute atomic E-state index is 16.1. The molecule has 0 N–H and O–H groups in total. The van der Waals surface area contributed by atoms with E-state index < -0.39 is 23.9 Å². The van der Waals surface area contributed by atoms with Gasteiger partial charge in [-0.1, -0.05) is 125 Å². The highest BCUT2D eigenvalue weighted by Crippen LogP contribution is 2.51. The molecule has 2 heterocycles. The lowest BCUT2D eigenvalue weighted by Crippen LogP contribution is -2.57.